The molecule has 1 aliphatic rings. The summed E-state index contributed by atoms with van der Waals surface area (Å²) in [5.41, 5.74) is 5.82. The Morgan fingerprint density at radius 2 is 1.53 bits per heavy atom. The van der Waals surface area contributed by atoms with Crippen LogP contribution in [-0.2, 0) is 0 Å². The lowest BCUT2D eigenvalue weighted by molar-refractivity contribution is 0.886. The first-order valence-corrected chi connectivity index (χ1v) is 6.69. The number of nitrogens with zero attached hydrogens (tertiary/aromatic N) is 2. The van der Waals surface area contributed by atoms with Crippen LogP contribution in [0.2, 0.25) is 0 Å². The second kappa shape index (κ2) is 4.54. The number of hydrogen-bond acceptors (Lipinski definition) is 2. The molecule has 2 aromatic carbocycles. The summed E-state index contributed by atoms with van der Waals surface area (Å²) in [6.45, 7) is 4.40. The zero-order chi connectivity index (χ0) is 13.4. The molecule has 19 heavy (non-hydrogen) atoms. The van der Waals surface area contributed by atoms with Crippen molar-refractivity contribution in [1.82, 2.24) is 0 Å². The van der Waals surface area contributed by atoms with E-state index in [-0.39, 0.29) is 0 Å². The average molecular weight is 250 g/mol. The summed E-state index contributed by atoms with van der Waals surface area (Å²) in [6, 6.07) is 16.8. The maximum Gasteiger partial charge on any atom is 0.0870 e. The van der Waals surface area contributed by atoms with Gasteiger partial charge in [-0.25, -0.2) is 0 Å². The fourth-order valence-electron chi connectivity index (χ4n) is 2.58. The number of fused-ring (bicyclic) bond motifs is 2. The normalized spacial score (nSPS) is 13.7. The number of para-hydroxylation sites is 3. The third-order valence-corrected chi connectivity index (χ3v) is 3.57. The quantitative estimate of drug-likeness (QED) is 0.725. The topological polar surface area (TPSA) is 15.6 Å². The lowest BCUT2D eigenvalue weighted by atomic mass is 9.98. The largest absolute Gasteiger partial charge is 0.342 e. The predicted molar refractivity (Wildman–Crippen MR) is 82.0 cm³/mol. The van der Waals surface area contributed by atoms with Crippen LogP contribution >= 0.6 is 0 Å². The van der Waals surface area contributed by atoms with Crippen LogP contribution in [0.4, 0.5) is 17.1 Å². The van der Waals surface area contributed by atoms with Crippen LogP contribution < -0.4 is 4.90 Å². The number of rotatable bonds is 1. The van der Waals surface area contributed by atoms with Crippen molar-refractivity contribution in [3.8, 4) is 0 Å². The highest BCUT2D eigenvalue weighted by atomic mass is 15.1. The van der Waals surface area contributed by atoms with Gasteiger partial charge in [0.1, 0.15) is 0 Å². The Morgan fingerprint density at radius 1 is 0.895 bits per heavy atom. The van der Waals surface area contributed by atoms with Gasteiger partial charge in [0, 0.05) is 12.6 Å². The van der Waals surface area contributed by atoms with E-state index in [1.807, 2.05) is 6.07 Å². The van der Waals surface area contributed by atoms with Crippen molar-refractivity contribution in [2.45, 2.75) is 13.8 Å². The summed E-state index contributed by atoms with van der Waals surface area (Å²) in [4.78, 5) is 7.13. The molecule has 0 fully saturated rings. The number of benzene rings is 2. The Bertz CT molecular complexity index is 641. The fraction of sp³-hybridized carbons (Fsp3) is 0.235. The van der Waals surface area contributed by atoms with Gasteiger partial charge < -0.3 is 4.90 Å². The fourth-order valence-corrected chi connectivity index (χ4v) is 2.58. The van der Waals surface area contributed by atoms with E-state index in [0.29, 0.717) is 5.92 Å². The minimum Gasteiger partial charge on any atom is -0.342 e. The molecule has 2 heteroatoms. The van der Waals surface area contributed by atoms with Gasteiger partial charge in [0.25, 0.3) is 0 Å². The van der Waals surface area contributed by atoms with E-state index in [1.165, 1.54) is 11.3 Å². The molecule has 0 radical (unpaired) electrons. The third-order valence-electron chi connectivity index (χ3n) is 3.57. The number of hydrogen-bond donors (Lipinski definition) is 0. The van der Waals surface area contributed by atoms with Gasteiger partial charge in [-0.05, 0) is 24.1 Å². The highest BCUT2D eigenvalue weighted by Gasteiger charge is 2.21. The van der Waals surface area contributed by atoms with Crippen molar-refractivity contribution in [1.29, 1.82) is 0 Å². The van der Waals surface area contributed by atoms with Crippen molar-refractivity contribution in [3.05, 3.63) is 54.1 Å². The molecule has 0 amide bonds. The Hall–Kier alpha value is -2.09. The molecule has 1 heterocycles. The van der Waals surface area contributed by atoms with Crippen LogP contribution in [0, 0.1) is 5.92 Å². The second-order valence-corrected chi connectivity index (χ2v) is 5.22. The summed E-state index contributed by atoms with van der Waals surface area (Å²) in [7, 11) is 2.11. The maximum atomic E-state index is 4.91. The summed E-state index contributed by atoms with van der Waals surface area (Å²) in [5.74, 6) is 0.403. The summed E-state index contributed by atoms with van der Waals surface area (Å²) >= 11 is 0. The van der Waals surface area contributed by atoms with Crippen LogP contribution in [-0.4, -0.2) is 12.8 Å². The molecular weight excluding hydrogens is 232 g/mol. The average Bonchev–Trinajstić information content (AvgIpc) is 2.56. The van der Waals surface area contributed by atoms with Crippen LogP contribution in [0.15, 0.2) is 53.5 Å². The van der Waals surface area contributed by atoms with Gasteiger partial charge in [0.05, 0.1) is 22.8 Å². The first kappa shape index (κ1) is 12.0. The summed E-state index contributed by atoms with van der Waals surface area (Å²) < 4.78 is 0. The number of anilines is 2. The molecule has 0 spiro atoms. The molecule has 0 saturated carbocycles. The molecule has 0 aliphatic carbocycles. The number of aliphatic imine (C=N–C) groups is 1. The minimum atomic E-state index is 0.403. The van der Waals surface area contributed by atoms with Crippen LogP contribution in [0.5, 0.6) is 0 Å². The van der Waals surface area contributed by atoms with Gasteiger partial charge in [-0.3, -0.25) is 4.99 Å². The molecule has 0 saturated heterocycles. The first-order valence-electron chi connectivity index (χ1n) is 6.69. The molecule has 0 aromatic heterocycles. The second-order valence-electron chi connectivity index (χ2n) is 5.22. The summed E-state index contributed by atoms with van der Waals surface area (Å²) in [5, 5.41) is 0. The molecule has 0 bridgehead atoms. The molecule has 0 unspecified atom stereocenters. The molecule has 3 rings (SSSR count). The smallest absolute Gasteiger partial charge is 0.0870 e. The molecule has 2 aromatic rings. The zero-order valence-corrected chi connectivity index (χ0v) is 11.6. The van der Waals surface area contributed by atoms with Gasteiger partial charge >= 0.3 is 0 Å². The third kappa shape index (κ3) is 1.93. The van der Waals surface area contributed by atoms with E-state index < -0.39 is 0 Å². The zero-order valence-electron chi connectivity index (χ0n) is 11.6. The Kier molecular flexibility index (Phi) is 2.86. The monoisotopic (exact) mass is 250 g/mol. The molecular formula is C17H18N2. The molecule has 1 aliphatic heterocycles. The summed E-state index contributed by atoms with van der Waals surface area (Å²) in [6.07, 6.45) is 0. The van der Waals surface area contributed by atoms with Crippen molar-refractivity contribution in [2.24, 2.45) is 10.9 Å². The highest BCUT2D eigenvalue weighted by Crippen LogP contribution is 2.39. The molecule has 0 atom stereocenters. The Morgan fingerprint density at radius 3 is 2.26 bits per heavy atom. The van der Waals surface area contributed by atoms with Crippen molar-refractivity contribution in [3.63, 3.8) is 0 Å². The molecule has 2 nitrogen and oxygen atoms in total. The van der Waals surface area contributed by atoms with Gasteiger partial charge in [-0.15, -0.1) is 0 Å². The van der Waals surface area contributed by atoms with Gasteiger partial charge in [0.15, 0.2) is 0 Å². The van der Waals surface area contributed by atoms with E-state index in [9.17, 15) is 0 Å². The van der Waals surface area contributed by atoms with Gasteiger partial charge in [-0.1, -0.05) is 44.2 Å². The van der Waals surface area contributed by atoms with E-state index in [2.05, 4.69) is 68.3 Å². The van der Waals surface area contributed by atoms with E-state index in [1.54, 1.807) is 0 Å². The standard InChI is InChI=1S/C17H18N2/c1-12(2)17-13-8-4-6-10-15(13)19(3)16-11-7-5-9-14(16)18-17/h4-12H,1-3H3. The van der Waals surface area contributed by atoms with Crippen molar-refractivity contribution >= 4 is 22.8 Å². The van der Waals surface area contributed by atoms with E-state index >= 15 is 0 Å². The lowest BCUT2D eigenvalue weighted by Gasteiger charge is -2.21. The van der Waals surface area contributed by atoms with E-state index in [4.69, 9.17) is 4.99 Å². The van der Waals surface area contributed by atoms with Crippen molar-refractivity contribution < 1.29 is 0 Å². The highest BCUT2D eigenvalue weighted by molar-refractivity contribution is 6.10. The molecule has 0 N–H and O–H groups in total. The lowest BCUT2D eigenvalue weighted by Crippen LogP contribution is -2.14. The van der Waals surface area contributed by atoms with Crippen LogP contribution in [0.1, 0.15) is 19.4 Å². The van der Waals surface area contributed by atoms with Gasteiger partial charge in [-0.2, -0.15) is 0 Å². The Labute approximate surface area is 114 Å². The van der Waals surface area contributed by atoms with Crippen LogP contribution in [0.25, 0.3) is 0 Å². The minimum absolute atomic E-state index is 0.403. The molecule has 96 valence electrons. The van der Waals surface area contributed by atoms with Gasteiger partial charge in [0.2, 0.25) is 0 Å². The Balaban J connectivity index is 2.32. The SMILES string of the molecule is CC(C)C1=Nc2ccccc2N(C)c2ccccc21. The van der Waals surface area contributed by atoms with Crippen LogP contribution in [0.3, 0.4) is 0 Å². The maximum absolute atomic E-state index is 4.91. The predicted octanol–water partition coefficient (Wildman–Crippen LogP) is 4.54. The first-order chi connectivity index (χ1) is 9.18. The van der Waals surface area contributed by atoms with E-state index in [0.717, 1.165) is 17.1 Å². The van der Waals surface area contributed by atoms with Crippen molar-refractivity contribution in [2.75, 3.05) is 11.9 Å².